The molecule has 0 aromatic heterocycles. The van der Waals surface area contributed by atoms with Gasteiger partial charge in [0.1, 0.15) is 5.75 Å². The number of piperidine rings is 1. The van der Waals surface area contributed by atoms with E-state index in [-0.39, 0.29) is 4.90 Å². The molecule has 1 atom stereocenters. The minimum absolute atomic E-state index is 0.165. The summed E-state index contributed by atoms with van der Waals surface area (Å²) < 4.78 is 32.7. The maximum Gasteiger partial charge on any atom is 0.265 e. The third-order valence-corrected chi connectivity index (χ3v) is 6.61. The standard InChI is InChI=1S/C21H23N3O4S/c1-16(28-19-10-8-17(15-22)9-11-19)21(25)23-18-6-5-7-20(14-18)29(26,27)24-12-3-2-4-13-24/h5-11,14,16H,2-4,12-13H2,1H3,(H,23,25). The van der Waals surface area contributed by atoms with Crippen molar-refractivity contribution in [3.63, 3.8) is 0 Å². The molecular weight excluding hydrogens is 390 g/mol. The summed E-state index contributed by atoms with van der Waals surface area (Å²) >= 11 is 0. The van der Waals surface area contributed by atoms with E-state index in [9.17, 15) is 13.2 Å². The van der Waals surface area contributed by atoms with E-state index in [0.29, 0.717) is 30.1 Å². The van der Waals surface area contributed by atoms with Gasteiger partial charge in [-0.05, 0) is 62.2 Å². The maximum absolute atomic E-state index is 12.8. The Morgan fingerprint density at radius 2 is 1.83 bits per heavy atom. The molecule has 0 spiro atoms. The van der Waals surface area contributed by atoms with Crippen molar-refractivity contribution in [3.05, 3.63) is 54.1 Å². The van der Waals surface area contributed by atoms with Gasteiger partial charge in [0.05, 0.1) is 16.5 Å². The second-order valence-electron chi connectivity index (χ2n) is 6.88. The lowest BCUT2D eigenvalue weighted by Crippen LogP contribution is -2.35. The molecule has 0 aliphatic carbocycles. The van der Waals surface area contributed by atoms with Crippen molar-refractivity contribution in [2.75, 3.05) is 18.4 Å². The number of nitriles is 1. The molecule has 1 aliphatic heterocycles. The molecule has 2 aromatic carbocycles. The molecule has 1 heterocycles. The van der Waals surface area contributed by atoms with Gasteiger partial charge in [-0.3, -0.25) is 4.79 Å². The van der Waals surface area contributed by atoms with Crippen LogP contribution in [0.25, 0.3) is 0 Å². The summed E-state index contributed by atoms with van der Waals surface area (Å²) in [6.45, 7) is 2.64. The molecular formula is C21H23N3O4S. The highest BCUT2D eigenvalue weighted by Gasteiger charge is 2.26. The average Bonchev–Trinajstić information content (AvgIpc) is 2.75. The van der Waals surface area contributed by atoms with Gasteiger partial charge in [0.15, 0.2) is 6.10 Å². The van der Waals surface area contributed by atoms with Gasteiger partial charge in [-0.1, -0.05) is 12.5 Å². The van der Waals surface area contributed by atoms with Crippen LogP contribution in [0.1, 0.15) is 31.7 Å². The molecule has 8 heteroatoms. The SMILES string of the molecule is CC(Oc1ccc(C#N)cc1)C(=O)Nc1cccc(S(=O)(=O)N2CCCCC2)c1. The number of nitrogens with one attached hydrogen (secondary N) is 1. The van der Waals surface area contributed by atoms with Crippen LogP contribution < -0.4 is 10.1 Å². The van der Waals surface area contributed by atoms with E-state index < -0.39 is 22.0 Å². The number of hydrogen-bond donors (Lipinski definition) is 1. The Morgan fingerprint density at radius 3 is 2.48 bits per heavy atom. The highest BCUT2D eigenvalue weighted by atomic mass is 32.2. The Bertz CT molecular complexity index is 1010. The molecule has 0 bridgehead atoms. The van der Waals surface area contributed by atoms with Crippen molar-refractivity contribution in [2.24, 2.45) is 0 Å². The topological polar surface area (TPSA) is 99.5 Å². The molecule has 152 valence electrons. The molecule has 1 N–H and O–H groups in total. The Morgan fingerprint density at radius 1 is 1.14 bits per heavy atom. The fourth-order valence-corrected chi connectivity index (χ4v) is 4.66. The molecule has 0 radical (unpaired) electrons. The number of carbonyl (C=O) groups excluding carboxylic acids is 1. The van der Waals surface area contributed by atoms with Crippen molar-refractivity contribution in [1.82, 2.24) is 4.31 Å². The number of sulfonamides is 1. The lowest BCUT2D eigenvalue weighted by Gasteiger charge is -2.26. The number of benzene rings is 2. The van der Waals surface area contributed by atoms with Crippen LogP contribution in [0.4, 0.5) is 5.69 Å². The first-order valence-corrected chi connectivity index (χ1v) is 10.9. The third-order valence-electron chi connectivity index (χ3n) is 4.72. The Hall–Kier alpha value is -2.89. The average molecular weight is 413 g/mol. The largest absolute Gasteiger partial charge is 0.481 e. The summed E-state index contributed by atoms with van der Waals surface area (Å²) in [7, 11) is -3.57. The van der Waals surface area contributed by atoms with Crippen LogP contribution in [-0.2, 0) is 14.8 Å². The number of ether oxygens (including phenoxy) is 1. The van der Waals surface area contributed by atoms with Crippen molar-refractivity contribution in [3.8, 4) is 11.8 Å². The lowest BCUT2D eigenvalue weighted by molar-refractivity contribution is -0.122. The van der Waals surface area contributed by atoms with Crippen LogP contribution in [0.2, 0.25) is 0 Å². The van der Waals surface area contributed by atoms with E-state index in [4.69, 9.17) is 10.00 Å². The molecule has 1 amide bonds. The van der Waals surface area contributed by atoms with Gasteiger partial charge in [-0.15, -0.1) is 0 Å². The van der Waals surface area contributed by atoms with Crippen LogP contribution >= 0.6 is 0 Å². The van der Waals surface area contributed by atoms with Crippen LogP contribution in [0, 0.1) is 11.3 Å². The molecule has 3 rings (SSSR count). The van der Waals surface area contributed by atoms with Gasteiger partial charge in [0.2, 0.25) is 10.0 Å². The summed E-state index contributed by atoms with van der Waals surface area (Å²) in [5, 5.41) is 11.5. The Kier molecular flexibility index (Phi) is 6.52. The van der Waals surface area contributed by atoms with Crippen LogP contribution in [0.3, 0.4) is 0 Å². The Labute approximate surface area is 171 Å². The normalized spacial score (nSPS) is 15.9. The summed E-state index contributed by atoms with van der Waals surface area (Å²) in [6.07, 6.45) is 1.96. The second kappa shape index (κ2) is 9.07. The number of amides is 1. The van der Waals surface area contributed by atoms with Crippen molar-refractivity contribution in [2.45, 2.75) is 37.2 Å². The first-order valence-electron chi connectivity index (χ1n) is 9.48. The molecule has 1 fully saturated rings. The zero-order valence-corrected chi connectivity index (χ0v) is 17.0. The summed E-state index contributed by atoms with van der Waals surface area (Å²) in [4.78, 5) is 12.6. The maximum atomic E-state index is 12.8. The first kappa shape index (κ1) is 20.8. The van der Waals surface area contributed by atoms with Crippen molar-refractivity contribution in [1.29, 1.82) is 5.26 Å². The molecule has 1 unspecified atom stereocenters. The number of nitrogens with zero attached hydrogens (tertiary/aromatic N) is 2. The first-order chi connectivity index (χ1) is 13.9. The molecule has 1 saturated heterocycles. The van der Waals surface area contributed by atoms with Crippen LogP contribution in [0.15, 0.2) is 53.4 Å². The zero-order valence-electron chi connectivity index (χ0n) is 16.2. The quantitative estimate of drug-likeness (QED) is 0.784. The van der Waals surface area contributed by atoms with Gasteiger partial charge in [-0.2, -0.15) is 9.57 Å². The van der Waals surface area contributed by atoms with E-state index in [0.717, 1.165) is 19.3 Å². The molecule has 2 aromatic rings. The highest BCUT2D eigenvalue weighted by Crippen LogP contribution is 2.23. The smallest absolute Gasteiger partial charge is 0.265 e. The summed E-state index contributed by atoms with van der Waals surface area (Å²) in [5.41, 5.74) is 0.893. The van der Waals surface area contributed by atoms with E-state index in [1.54, 1.807) is 43.3 Å². The Balaban J connectivity index is 1.67. The summed E-state index contributed by atoms with van der Waals surface area (Å²) in [6, 6.07) is 14.7. The second-order valence-corrected chi connectivity index (χ2v) is 8.82. The number of hydrogen-bond acceptors (Lipinski definition) is 5. The highest BCUT2D eigenvalue weighted by molar-refractivity contribution is 7.89. The summed E-state index contributed by atoms with van der Waals surface area (Å²) in [5.74, 6) is 0.0648. The fraction of sp³-hybridized carbons (Fsp3) is 0.333. The molecule has 29 heavy (non-hydrogen) atoms. The predicted molar refractivity (Wildman–Crippen MR) is 109 cm³/mol. The van der Waals surface area contributed by atoms with Crippen molar-refractivity contribution < 1.29 is 17.9 Å². The van der Waals surface area contributed by atoms with Gasteiger partial charge in [-0.25, -0.2) is 8.42 Å². The third kappa shape index (κ3) is 5.13. The number of rotatable bonds is 6. The number of anilines is 1. The van der Waals surface area contributed by atoms with Gasteiger partial charge in [0.25, 0.3) is 5.91 Å². The fourth-order valence-electron chi connectivity index (χ4n) is 3.10. The lowest BCUT2D eigenvalue weighted by atomic mass is 10.2. The molecule has 1 aliphatic rings. The number of carbonyl (C=O) groups is 1. The van der Waals surface area contributed by atoms with Crippen LogP contribution in [-0.4, -0.2) is 37.8 Å². The molecule has 7 nitrogen and oxygen atoms in total. The van der Waals surface area contributed by atoms with Gasteiger partial charge in [0, 0.05) is 18.8 Å². The monoisotopic (exact) mass is 413 g/mol. The van der Waals surface area contributed by atoms with E-state index in [1.165, 1.54) is 16.4 Å². The molecule has 0 saturated carbocycles. The predicted octanol–water partition coefficient (Wildman–Crippen LogP) is 3.14. The minimum Gasteiger partial charge on any atom is -0.481 e. The van der Waals surface area contributed by atoms with Gasteiger partial charge < -0.3 is 10.1 Å². The zero-order chi connectivity index (χ0) is 20.9. The van der Waals surface area contributed by atoms with Gasteiger partial charge >= 0.3 is 0 Å². The van der Waals surface area contributed by atoms with E-state index in [2.05, 4.69) is 5.32 Å². The van der Waals surface area contributed by atoms with Crippen molar-refractivity contribution >= 4 is 21.6 Å². The van der Waals surface area contributed by atoms with E-state index in [1.807, 2.05) is 6.07 Å². The minimum atomic E-state index is -3.57. The van der Waals surface area contributed by atoms with Crippen LogP contribution in [0.5, 0.6) is 5.75 Å². The van der Waals surface area contributed by atoms with E-state index >= 15 is 0 Å².